The molecule has 1 atom stereocenters. The molecule has 1 aliphatic rings. The van der Waals surface area contributed by atoms with Crippen LogP contribution < -0.4 is 4.90 Å². The molecule has 138 valence electrons. The van der Waals surface area contributed by atoms with Gasteiger partial charge in [-0.15, -0.1) is 10.2 Å². The lowest BCUT2D eigenvalue weighted by molar-refractivity contribution is -0.117. The van der Waals surface area contributed by atoms with Gasteiger partial charge in [0.1, 0.15) is 5.82 Å². The molecule has 0 radical (unpaired) electrons. The fourth-order valence-corrected chi connectivity index (χ4v) is 4.01. The first kappa shape index (κ1) is 17.8. The van der Waals surface area contributed by atoms with Crippen molar-refractivity contribution in [1.82, 2.24) is 14.8 Å². The van der Waals surface area contributed by atoms with Crippen molar-refractivity contribution in [1.29, 1.82) is 0 Å². The lowest BCUT2D eigenvalue weighted by atomic mass is 10.3. The summed E-state index contributed by atoms with van der Waals surface area (Å²) in [7, 11) is 1.81. The van der Waals surface area contributed by atoms with Crippen molar-refractivity contribution >= 4 is 23.4 Å². The van der Waals surface area contributed by atoms with Gasteiger partial charge in [0, 0.05) is 24.3 Å². The van der Waals surface area contributed by atoms with Crippen molar-refractivity contribution in [2.24, 2.45) is 0 Å². The van der Waals surface area contributed by atoms with Crippen LogP contribution in [0, 0.1) is 0 Å². The molecule has 1 aliphatic carbocycles. The molecule has 0 aliphatic heterocycles. The zero-order valence-electron chi connectivity index (χ0n) is 15.4. The highest BCUT2D eigenvalue weighted by molar-refractivity contribution is 8.00. The molecule has 2 aromatic carbocycles. The first-order chi connectivity index (χ1) is 13.1. The second-order valence-electron chi connectivity index (χ2n) is 6.78. The summed E-state index contributed by atoms with van der Waals surface area (Å²) < 4.78 is 2.11. The molecule has 4 rings (SSSR count). The average molecular weight is 379 g/mol. The first-order valence-corrected chi connectivity index (χ1v) is 10.0. The quantitative estimate of drug-likeness (QED) is 0.601. The fourth-order valence-electron chi connectivity index (χ4n) is 3.04. The molecule has 1 aromatic heterocycles. The molecule has 1 amide bonds. The Morgan fingerprint density at radius 1 is 1.07 bits per heavy atom. The predicted octanol–water partition coefficient (Wildman–Crippen LogP) is 4.29. The minimum atomic E-state index is -0.270. The molecule has 27 heavy (non-hydrogen) atoms. The van der Waals surface area contributed by atoms with Crippen LogP contribution in [0.15, 0.2) is 65.8 Å². The molecule has 1 fully saturated rings. The summed E-state index contributed by atoms with van der Waals surface area (Å²) in [6.07, 6.45) is 2.31. The number of thioether (sulfide) groups is 1. The van der Waals surface area contributed by atoms with E-state index in [-0.39, 0.29) is 11.2 Å². The van der Waals surface area contributed by atoms with E-state index in [2.05, 4.69) is 26.9 Å². The van der Waals surface area contributed by atoms with Crippen molar-refractivity contribution in [2.45, 2.75) is 36.1 Å². The Morgan fingerprint density at radius 3 is 2.33 bits per heavy atom. The monoisotopic (exact) mass is 378 g/mol. The molecule has 5 nitrogen and oxygen atoms in total. The van der Waals surface area contributed by atoms with Crippen LogP contribution in [-0.4, -0.2) is 33.0 Å². The molecule has 0 saturated heterocycles. The highest BCUT2D eigenvalue weighted by Crippen LogP contribution is 2.41. The largest absolute Gasteiger partial charge is 0.315 e. The van der Waals surface area contributed by atoms with Gasteiger partial charge in [-0.25, -0.2) is 0 Å². The molecule has 6 heteroatoms. The zero-order valence-corrected chi connectivity index (χ0v) is 16.3. The van der Waals surface area contributed by atoms with Gasteiger partial charge in [0.25, 0.3) is 0 Å². The van der Waals surface area contributed by atoms with Crippen LogP contribution in [0.4, 0.5) is 5.69 Å². The van der Waals surface area contributed by atoms with E-state index in [4.69, 9.17) is 0 Å². The Kier molecular flexibility index (Phi) is 4.99. The standard InChI is InChI=1S/C21H22N4OS/c1-15(20(26)24(2)17-9-5-3-6-10-17)27-21-23-22-19(16-13-14-16)25(21)18-11-7-4-8-12-18/h3-12,15-16H,13-14H2,1-2H3. The summed E-state index contributed by atoms with van der Waals surface area (Å²) in [6, 6.07) is 19.8. The predicted molar refractivity (Wildman–Crippen MR) is 109 cm³/mol. The van der Waals surface area contributed by atoms with E-state index >= 15 is 0 Å². The van der Waals surface area contributed by atoms with E-state index in [9.17, 15) is 4.79 Å². The van der Waals surface area contributed by atoms with Crippen LogP contribution in [0.5, 0.6) is 0 Å². The average Bonchev–Trinajstić information content (AvgIpc) is 3.48. The van der Waals surface area contributed by atoms with Crippen molar-refractivity contribution in [2.75, 3.05) is 11.9 Å². The van der Waals surface area contributed by atoms with Gasteiger partial charge in [0.05, 0.1) is 5.25 Å². The Morgan fingerprint density at radius 2 is 1.70 bits per heavy atom. The minimum absolute atomic E-state index is 0.0433. The molecular formula is C21H22N4OS. The molecule has 1 unspecified atom stereocenters. The zero-order chi connectivity index (χ0) is 18.8. The number of carbonyl (C=O) groups is 1. The number of carbonyl (C=O) groups excluding carboxylic acids is 1. The third kappa shape index (κ3) is 3.76. The van der Waals surface area contributed by atoms with Gasteiger partial charge in [-0.05, 0) is 44.0 Å². The molecule has 0 bridgehead atoms. The molecule has 1 heterocycles. The number of aromatic nitrogens is 3. The molecule has 1 saturated carbocycles. The number of nitrogens with zero attached hydrogens (tertiary/aromatic N) is 4. The van der Waals surface area contributed by atoms with Gasteiger partial charge in [-0.2, -0.15) is 0 Å². The molecular weight excluding hydrogens is 356 g/mol. The third-order valence-corrected chi connectivity index (χ3v) is 5.75. The van der Waals surface area contributed by atoms with Gasteiger partial charge >= 0.3 is 0 Å². The second kappa shape index (κ2) is 7.56. The van der Waals surface area contributed by atoms with Crippen molar-refractivity contribution < 1.29 is 4.79 Å². The van der Waals surface area contributed by atoms with Gasteiger partial charge in [-0.1, -0.05) is 48.2 Å². The first-order valence-electron chi connectivity index (χ1n) is 9.15. The molecule has 0 N–H and O–H groups in total. The van der Waals surface area contributed by atoms with E-state index in [1.54, 1.807) is 4.90 Å². The van der Waals surface area contributed by atoms with Crippen molar-refractivity contribution in [3.8, 4) is 5.69 Å². The summed E-state index contributed by atoms with van der Waals surface area (Å²) >= 11 is 1.46. The number of benzene rings is 2. The summed E-state index contributed by atoms with van der Waals surface area (Å²) in [5.74, 6) is 1.52. The fraction of sp³-hybridized carbons (Fsp3) is 0.286. The van der Waals surface area contributed by atoms with Crippen LogP contribution in [0.25, 0.3) is 5.69 Å². The SMILES string of the molecule is CC(Sc1nnc(C2CC2)n1-c1ccccc1)C(=O)N(C)c1ccccc1. The molecule has 0 spiro atoms. The number of amides is 1. The molecule has 3 aromatic rings. The number of hydrogen-bond acceptors (Lipinski definition) is 4. The van der Waals surface area contributed by atoms with Gasteiger partial charge < -0.3 is 4.90 Å². The lowest BCUT2D eigenvalue weighted by Crippen LogP contribution is -2.33. The maximum Gasteiger partial charge on any atom is 0.240 e. The Balaban J connectivity index is 1.58. The number of hydrogen-bond donors (Lipinski definition) is 0. The summed E-state index contributed by atoms with van der Waals surface area (Å²) in [6.45, 7) is 1.92. The van der Waals surface area contributed by atoms with Crippen LogP contribution in [-0.2, 0) is 4.79 Å². The van der Waals surface area contributed by atoms with Gasteiger partial charge in [0.2, 0.25) is 5.91 Å². The van der Waals surface area contributed by atoms with Crippen LogP contribution in [0.2, 0.25) is 0 Å². The van der Waals surface area contributed by atoms with E-state index in [0.717, 1.165) is 35.2 Å². The van der Waals surface area contributed by atoms with Gasteiger partial charge in [0.15, 0.2) is 5.16 Å². The maximum atomic E-state index is 12.9. The summed E-state index contributed by atoms with van der Waals surface area (Å²) in [5.41, 5.74) is 1.93. The van der Waals surface area contributed by atoms with Crippen LogP contribution >= 0.6 is 11.8 Å². The Bertz CT molecular complexity index is 922. The Hall–Kier alpha value is -2.60. The highest BCUT2D eigenvalue weighted by Gasteiger charge is 2.32. The van der Waals surface area contributed by atoms with E-state index < -0.39 is 0 Å². The van der Waals surface area contributed by atoms with Crippen LogP contribution in [0.3, 0.4) is 0 Å². The summed E-state index contributed by atoms with van der Waals surface area (Å²) in [4.78, 5) is 14.6. The third-order valence-electron chi connectivity index (χ3n) is 4.72. The van der Waals surface area contributed by atoms with Gasteiger partial charge in [-0.3, -0.25) is 9.36 Å². The maximum absolute atomic E-state index is 12.9. The lowest BCUT2D eigenvalue weighted by Gasteiger charge is -2.21. The van der Waals surface area contributed by atoms with E-state index in [1.165, 1.54) is 11.8 Å². The van der Waals surface area contributed by atoms with E-state index in [1.807, 2.05) is 62.5 Å². The smallest absolute Gasteiger partial charge is 0.240 e. The minimum Gasteiger partial charge on any atom is -0.315 e. The number of para-hydroxylation sites is 2. The number of anilines is 1. The second-order valence-corrected chi connectivity index (χ2v) is 8.09. The van der Waals surface area contributed by atoms with Crippen molar-refractivity contribution in [3.05, 3.63) is 66.5 Å². The normalized spacial score (nSPS) is 14.7. The van der Waals surface area contributed by atoms with Crippen molar-refractivity contribution in [3.63, 3.8) is 0 Å². The number of rotatable bonds is 6. The van der Waals surface area contributed by atoms with Crippen LogP contribution in [0.1, 0.15) is 31.5 Å². The highest BCUT2D eigenvalue weighted by atomic mass is 32.2. The Labute approximate surface area is 163 Å². The summed E-state index contributed by atoms with van der Waals surface area (Å²) in [5, 5.41) is 9.35. The van der Waals surface area contributed by atoms with E-state index in [0.29, 0.717) is 5.92 Å². The topological polar surface area (TPSA) is 51.0 Å².